The van der Waals surface area contributed by atoms with Gasteiger partial charge in [-0.15, -0.1) is 5.75 Å². The summed E-state index contributed by atoms with van der Waals surface area (Å²) in [5.41, 5.74) is 14.6. The van der Waals surface area contributed by atoms with E-state index in [0.717, 1.165) is 27.8 Å². The average Bonchev–Trinajstić information content (AvgIpc) is 3.16. The van der Waals surface area contributed by atoms with E-state index >= 15 is 0 Å². The van der Waals surface area contributed by atoms with Crippen molar-refractivity contribution in [3.8, 4) is 17.2 Å². The first-order valence-corrected chi connectivity index (χ1v) is 18.5. The Morgan fingerprint density at radius 3 is 1.06 bits per heavy atom. The zero-order valence-corrected chi connectivity index (χ0v) is 32.1. The zero-order valence-electron chi connectivity index (χ0n) is 32.1. The normalized spacial score (nSPS) is 11.1. The molecule has 2 N–H and O–H groups in total. The predicted molar refractivity (Wildman–Crippen MR) is 223 cm³/mol. The molecule has 7 rings (SSSR count). The molecule has 0 aliphatic heterocycles. The molecule has 0 bridgehead atoms. The van der Waals surface area contributed by atoms with Crippen molar-refractivity contribution >= 4 is 22.7 Å². The van der Waals surface area contributed by atoms with Gasteiger partial charge in [-0.25, -0.2) is 0 Å². The van der Waals surface area contributed by atoms with Crippen molar-refractivity contribution in [2.45, 2.75) is 54.4 Å². The van der Waals surface area contributed by atoms with Gasteiger partial charge in [0.05, 0.1) is 0 Å². The molecule has 0 saturated heterocycles. The highest BCUT2D eigenvalue weighted by molar-refractivity contribution is 5.81. The molecule has 0 amide bonds. The van der Waals surface area contributed by atoms with Crippen LogP contribution in [0, 0.1) is 41.5 Å². The summed E-state index contributed by atoms with van der Waals surface area (Å²) in [4.78, 5) is 0. The van der Waals surface area contributed by atoms with Crippen LogP contribution in [-0.2, 0) is 12.8 Å². The molecule has 0 aliphatic rings. The minimum absolute atomic E-state index is 0.0302. The minimum atomic E-state index is -0.0302. The van der Waals surface area contributed by atoms with E-state index in [2.05, 4.69) is 124 Å². The zero-order chi connectivity index (χ0) is 38.4. The SMILES string of the molecule is Cc1ccc(O)c(Cc2cc(C)cc(Cc3cc(C)ccc3O)c2[O-])c1.Cc1ccc([N+](c2ccccc2)(c2ccc(C)cc2)c2ccc(C)cc2)cc1. The van der Waals surface area contributed by atoms with Crippen LogP contribution in [0.5, 0.6) is 17.2 Å². The molecule has 4 nitrogen and oxygen atoms in total. The Labute approximate surface area is 320 Å². The van der Waals surface area contributed by atoms with Crippen LogP contribution in [0.25, 0.3) is 0 Å². The molecule has 0 fully saturated rings. The third-order valence-corrected chi connectivity index (χ3v) is 10.0. The number of hydrogen-bond acceptors (Lipinski definition) is 3. The van der Waals surface area contributed by atoms with E-state index in [1.54, 1.807) is 12.1 Å². The van der Waals surface area contributed by atoms with Gasteiger partial charge in [-0.1, -0.05) is 136 Å². The predicted octanol–water partition coefficient (Wildman–Crippen LogP) is 12.2. The number of quaternary nitrogens is 1. The Morgan fingerprint density at radius 1 is 0.370 bits per heavy atom. The Balaban J connectivity index is 0.000000185. The van der Waals surface area contributed by atoms with Crippen LogP contribution in [0.2, 0.25) is 0 Å². The Hall–Kier alpha value is -6.10. The number of benzene rings is 7. The first-order valence-electron chi connectivity index (χ1n) is 18.5. The molecule has 7 aromatic carbocycles. The van der Waals surface area contributed by atoms with Crippen LogP contribution in [0.4, 0.5) is 22.7 Å². The average molecular weight is 712 g/mol. The second kappa shape index (κ2) is 16.3. The number of aryl methyl sites for hydroxylation is 6. The van der Waals surface area contributed by atoms with E-state index in [9.17, 15) is 15.3 Å². The molecule has 0 atom stereocenters. The largest absolute Gasteiger partial charge is 0.872 e. The molecular formula is C50H49NO3. The summed E-state index contributed by atoms with van der Waals surface area (Å²) >= 11 is 0. The van der Waals surface area contributed by atoms with Crippen molar-refractivity contribution in [2.75, 3.05) is 0 Å². The van der Waals surface area contributed by atoms with E-state index in [0.29, 0.717) is 28.5 Å². The van der Waals surface area contributed by atoms with Crippen molar-refractivity contribution in [1.29, 1.82) is 0 Å². The summed E-state index contributed by atoms with van der Waals surface area (Å²) in [6.45, 7) is 12.3. The summed E-state index contributed by atoms with van der Waals surface area (Å²) in [6, 6.07) is 52.1. The Morgan fingerprint density at radius 2 is 0.685 bits per heavy atom. The van der Waals surface area contributed by atoms with Gasteiger partial charge in [0.2, 0.25) is 0 Å². The van der Waals surface area contributed by atoms with Gasteiger partial charge in [-0.3, -0.25) is 0 Å². The number of hydrogen-bond donors (Lipinski definition) is 2. The number of nitrogens with zero attached hydrogens (tertiary/aromatic N) is 1. The summed E-state index contributed by atoms with van der Waals surface area (Å²) in [6.07, 6.45) is 0.779. The summed E-state index contributed by atoms with van der Waals surface area (Å²) < 4.78 is 0.557. The van der Waals surface area contributed by atoms with Gasteiger partial charge >= 0.3 is 0 Å². The lowest BCUT2D eigenvalue weighted by molar-refractivity contribution is -0.270. The molecular weight excluding hydrogens is 663 g/mol. The molecule has 54 heavy (non-hydrogen) atoms. The molecule has 0 radical (unpaired) electrons. The van der Waals surface area contributed by atoms with Crippen LogP contribution in [0.15, 0.2) is 152 Å². The fourth-order valence-electron chi connectivity index (χ4n) is 7.16. The van der Waals surface area contributed by atoms with E-state index < -0.39 is 0 Å². The second-order valence-electron chi connectivity index (χ2n) is 14.5. The highest BCUT2D eigenvalue weighted by Crippen LogP contribution is 2.51. The molecule has 4 heteroatoms. The summed E-state index contributed by atoms with van der Waals surface area (Å²) in [7, 11) is 0. The fourth-order valence-corrected chi connectivity index (χ4v) is 7.16. The molecule has 0 saturated carbocycles. The van der Waals surface area contributed by atoms with E-state index in [1.807, 2.05) is 57.2 Å². The molecule has 0 aromatic heterocycles. The highest BCUT2D eigenvalue weighted by atomic mass is 16.3. The maximum absolute atomic E-state index is 13.0. The van der Waals surface area contributed by atoms with Crippen molar-refractivity contribution in [3.63, 3.8) is 0 Å². The topological polar surface area (TPSA) is 63.5 Å². The van der Waals surface area contributed by atoms with Crippen LogP contribution < -0.4 is 9.59 Å². The van der Waals surface area contributed by atoms with Crippen molar-refractivity contribution in [3.05, 3.63) is 207 Å². The van der Waals surface area contributed by atoms with Crippen LogP contribution in [0.3, 0.4) is 0 Å². The lowest BCUT2D eigenvalue weighted by Crippen LogP contribution is -2.33. The first-order chi connectivity index (χ1) is 25.9. The van der Waals surface area contributed by atoms with Crippen LogP contribution in [-0.4, -0.2) is 10.2 Å². The summed E-state index contributed by atoms with van der Waals surface area (Å²) in [5.74, 6) is 0.376. The molecule has 0 heterocycles. The minimum Gasteiger partial charge on any atom is -0.872 e. The molecule has 0 unspecified atom stereocenters. The van der Waals surface area contributed by atoms with E-state index in [-0.39, 0.29) is 17.2 Å². The number of rotatable bonds is 8. The third kappa shape index (κ3) is 8.25. The standard InChI is InChI=1S/C27H26N.C23H24O3/c1-21-9-15-25(16-10-21)28(24-7-5-4-6-8-24,26-17-11-22(2)12-18-26)27-19-13-23(3)14-20-27;1-14-4-6-21(24)17(8-14)12-19-10-16(3)11-20(23(19)26)13-18-9-15(2)5-7-22(18)25/h4-20H,1-3H3;4-11,24-26H,12-13H2,1-3H3/q+1;/p-1. The highest BCUT2D eigenvalue weighted by Gasteiger charge is 2.39. The van der Waals surface area contributed by atoms with Gasteiger partial charge in [-0.2, -0.15) is 4.48 Å². The monoisotopic (exact) mass is 711 g/mol. The van der Waals surface area contributed by atoms with Gasteiger partial charge < -0.3 is 15.3 Å². The second-order valence-corrected chi connectivity index (χ2v) is 14.5. The first kappa shape index (κ1) is 37.7. The number of phenols is 2. The number of phenolic OH excluding ortho intramolecular Hbond substituents is 2. The van der Waals surface area contributed by atoms with Crippen LogP contribution >= 0.6 is 0 Å². The van der Waals surface area contributed by atoms with Gasteiger partial charge in [0, 0.05) is 61.4 Å². The smallest absolute Gasteiger partial charge is 0.148 e. The molecule has 272 valence electrons. The van der Waals surface area contributed by atoms with E-state index in [4.69, 9.17) is 0 Å². The van der Waals surface area contributed by atoms with Crippen molar-refractivity contribution in [1.82, 2.24) is 4.48 Å². The molecule has 0 aliphatic carbocycles. The molecule has 0 spiro atoms. The Bertz CT molecular complexity index is 2160. The van der Waals surface area contributed by atoms with Gasteiger partial charge in [0.1, 0.15) is 34.2 Å². The van der Waals surface area contributed by atoms with Crippen molar-refractivity contribution < 1.29 is 15.3 Å². The quantitative estimate of drug-likeness (QED) is 0.154. The maximum Gasteiger partial charge on any atom is 0.148 e. The van der Waals surface area contributed by atoms with Crippen molar-refractivity contribution in [2.24, 2.45) is 0 Å². The lowest BCUT2D eigenvalue weighted by atomic mass is 9.94. The van der Waals surface area contributed by atoms with Crippen LogP contribution in [0.1, 0.15) is 55.6 Å². The third-order valence-electron chi connectivity index (χ3n) is 10.0. The lowest BCUT2D eigenvalue weighted by Gasteiger charge is -2.37. The Kier molecular flexibility index (Phi) is 11.4. The molecule has 7 aromatic rings. The number of para-hydroxylation sites is 1. The van der Waals surface area contributed by atoms with Gasteiger partial charge in [0.15, 0.2) is 0 Å². The number of aromatic hydroxyl groups is 2. The fraction of sp³-hybridized carbons (Fsp3) is 0.160. The van der Waals surface area contributed by atoms with Gasteiger partial charge in [-0.05, 0) is 64.8 Å². The van der Waals surface area contributed by atoms with E-state index in [1.165, 1.54) is 39.4 Å². The summed E-state index contributed by atoms with van der Waals surface area (Å²) in [5, 5.41) is 33.1. The van der Waals surface area contributed by atoms with Gasteiger partial charge in [0.25, 0.3) is 0 Å². The maximum atomic E-state index is 13.0.